The number of carboxylic acid groups (broad SMARTS) is 1. The number of ether oxygens (including phenoxy) is 1. The molecule has 7 heteroatoms. The van der Waals surface area contributed by atoms with Gasteiger partial charge in [0.2, 0.25) is 5.91 Å². The summed E-state index contributed by atoms with van der Waals surface area (Å²) in [5.74, 6) is -1.21. The summed E-state index contributed by atoms with van der Waals surface area (Å²) in [7, 11) is 0. The molecule has 2 heterocycles. The number of morpholine rings is 1. The molecule has 0 aromatic carbocycles. The number of amides is 1. The molecule has 102 valence electrons. The average Bonchev–Trinajstić information content (AvgIpc) is 2.41. The maximum Gasteiger partial charge on any atom is 0.334 e. The molecule has 1 unspecified atom stereocenters. The molecule has 3 N–H and O–H groups in total. The topological polar surface area (TPSA) is 106 Å². The third-order valence-corrected chi connectivity index (χ3v) is 2.87. The Hall–Kier alpha value is -2.15. The van der Waals surface area contributed by atoms with E-state index in [2.05, 4.69) is 4.98 Å². The van der Waals surface area contributed by atoms with Gasteiger partial charge in [-0.05, 0) is 12.1 Å². The number of hydrogen-bond acceptors (Lipinski definition) is 5. The minimum Gasteiger partial charge on any atom is -0.479 e. The summed E-state index contributed by atoms with van der Waals surface area (Å²) in [5, 5.41) is 8.87. The summed E-state index contributed by atoms with van der Waals surface area (Å²) in [5.41, 5.74) is 6.66. The van der Waals surface area contributed by atoms with Crippen molar-refractivity contribution in [3.05, 3.63) is 24.0 Å². The van der Waals surface area contributed by atoms with Crippen molar-refractivity contribution in [1.82, 2.24) is 9.88 Å². The van der Waals surface area contributed by atoms with Crippen molar-refractivity contribution < 1.29 is 19.4 Å². The lowest BCUT2D eigenvalue weighted by Crippen LogP contribution is -2.49. The molecule has 2 rings (SSSR count). The van der Waals surface area contributed by atoms with Crippen molar-refractivity contribution in [2.75, 3.05) is 25.4 Å². The zero-order chi connectivity index (χ0) is 13.8. The highest BCUT2D eigenvalue weighted by atomic mass is 16.5. The Morgan fingerprint density at radius 3 is 2.95 bits per heavy atom. The van der Waals surface area contributed by atoms with Crippen LogP contribution in [-0.2, 0) is 20.7 Å². The molecule has 1 amide bonds. The van der Waals surface area contributed by atoms with E-state index in [1.54, 1.807) is 12.1 Å². The lowest BCUT2D eigenvalue weighted by Gasteiger charge is -2.30. The molecule has 0 aliphatic carbocycles. The molecule has 0 radical (unpaired) electrons. The summed E-state index contributed by atoms with van der Waals surface area (Å²) in [4.78, 5) is 28.4. The smallest absolute Gasteiger partial charge is 0.334 e. The van der Waals surface area contributed by atoms with E-state index in [1.165, 1.54) is 11.1 Å². The highest BCUT2D eigenvalue weighted by Crippen LogP contribution is 2.09. The maximum absolute atomic E-state index is 12.0. The number of carbonyl (C=O) groups is 2. The molecule has 1 aliphatic heterocycles. The largest absolute Gasteiger partial charge is 0.479 e. The second kappa shape index (κ2) is 5.66. The molecule has 0 bridgehead atoms. The van der Waals surface area contributed by atoms with Gasteiger partial charge in [-0.25, -0.2) is 4.79 Å². The van der Waals surface area contributed by atoms with Crippen LogP contribution in [0, 0.1) is 0 Å². The van der Waals surface area contributed by atoms with E-state index in [0.29, 0.717) is 17.9 Å². The van der Waals surface area contributed by atoms with Crippen LogP contribution in [0.4, 0.5) is 5.69 Å². The molecule has 1 fully saturated rings. The van der Waals surface area contributed by atoms with Gasteiger partial charge < -0.3 is 20.5 Å². The highest BCUT2D eigenvalue weighted by molar-refractivity contribution is 5.80. The van der Waals surface area contributed by atoms with E-state index in [9.17, 15) is 9.59 Å². The Kier molecular flexibility index (Phi) is 3.96. The second-order valence-electron chi connectivity index (χ2n) is 4.30. The third kappa shape index (κ3) is 3.41. The number of hydrogen-bond donors (Lipinski definition) is 2. The van der Waals surface area contributed by atoms with Gasteiger partial charge in [0.1, 0.15) is 0 Å². The van der Waals surface area contributed by atoms with Crippen LogP contribution in [0.5, 0.6) is 0 Å². The van der Waals surface area contributed by atoms with E-state index >= 15 is 0 Å². The number of anilines is 1. The standard InChI is InChI=1S/C12H15N3O4/c13-8-1-2-9(14-6-8)5-11(16)15-3-4-19-10(7-15)12(17)18/h1-2,6,10H,3-5,7,13H2,(H,17,18). The van der Waals surface area contributed by atoms with Gasteiger partial charge in [-0.1, -0.05) is 0 Å². The number of rotatable bonds is 3. The predicted octanol–water partition coefficient (Wildman–Crippen LogP) is -0.482. The molecule has 1 aliphatic rings. The quantitative estimate of drug-likeness (QED) is 0.764. The molecule has 1 aromatic heterocycles. The van der Waals surface area contributed by atoms with Crippen LogP contribution in [0.2, 0.25) is 0 Å². The van der Waals surface area contributed by atoms with Gasteiger partial charge in [0, 0.05) is 12.2 Å². The zero-order valence-corrected chi connectivity index (χ0v) is 10.3. The molecule has 19 heavy (non-hydrogen) atoms. The minimum absolute atomic E-state index is 0.0726. The Balaban J connectivity index is 1.96. The van der Waals surface area contributed by atoms with Gasteiger partial charge in [0.25, 0.3) is 0 Å². The molecular weight excluding hydrogens is 250 g/mol. The highest BCUT2D eigenvalue weighted by Gasteiger charge is 2.28. The van der Waals surface area contributed by atoms with Crippen LogP contribution in [0.25, 0.3) is 0 Å². The van der Waals surface area contributed by atoms with Crippen molar-refractivity contribution in [1.29, 1.82) is 0 Å². The second-order valence-corrected chi connectivity index (χ2v) is 4.30. The van der Waals surface area contributed by atoms with E-state index < -0.39 is 12.1 Å². The Bertz CT molecular complexity index is 474. The van der Waals surface area contributed by atoms with Crippen molar-refractivity contribution in [3.63, 3.8) is 0 Å². The molecule has 1 saturated heterocycles. The normalized spacial score (nSPS) is 19.2. The first-order valence-corrected chi connectivity index (χ1v) is 5.89. The SMILES string of the molecule is Nc1ccc(CC(=O)N2CCOC(C(=O)O)C2)nc1. The fraction of sp³-hybridized carbons (Fsp3) is 0.417. The lowest BCUT2D eigenvalue weighted by molar-refractivity contribution is -0.159. The zero-order valence-electron chi connectivity index (χ0n) is 10.3. The van der Waals surface area contributed by atoms with Gasteiger partial charge in [-0.2, -0.15) is 0 Å². The van der Waals surface area contributed by atoms with Crippen molar-refractivity contribution in [3.8, 4) is 0 Å². The van der Waals surface area contributed by atoms with E-state index in [4.69, 9.17) is 15.6 Å². The fourth-order valence-electron chi connectivity index (χ4n) is 1.83. The van der Waals surface area contributed by atoms with Gasteiger partial charge in [0.15, 0.2) is 6.10 Å². The summed E-state index contributed by atoms with van der Waals surface area (Å²) >= 11 is 0. The van der Waals surface area contributed by atoms with Crippen LogP contribution in [0.1, 0.15) is 5.69 Å². The minimum atomic E-state index is -1.05. The number of nitrogens with two attached hydrogens (primary N) is 1. The van der Waals surface area contributed by atoms with Crippen LogP contribution >= 0.6 is 0 Å². The lowest BCUT2D eigenvalue weighted by atomic mass is 10.2. The number of carbonyl (C=O) groups excluding carboxylic acids is 1. The van der Waals surface area contributed by atoms with Crippen LogP contribution in [0.15, 0.2) is 18.3 Å². The van der Waals surface area contributed by atoms with Crippen LogP contribution in [-0.4, -0.2) is 52.7 Å². The molecule has 0 spiro atoms. The van der Waals surface area contributed by atoms with Crippen LogP contribution < -0.4 is 5.73 Å². The molecule has 1 atom stereocenters. The van der Waals surface area contributed by atoms with Gasteiger partial charge in [-0.15, -0.1) is 0 Å². The summed E-state index contributed by atoms with van der Waals surface area (Å²) in [6.45, 7) is 0.707. The Morgan fingerprint density at radius 1 is 1.53 bits per heavy atom. The molecule has 1 aromatic rings. The number of pyridine rings is 1. The number of carboxylic acids is 1. The van der Waals surface area contributed by atoms with Gasteiger partial charge in [-0.3, -0.25) is 9.78 Å². The predicted molar refractivity (Wildman–Crippen MR) is 66.3 cm³/mol. The first-order valence-electron chi connectivity index (χ1n) is 5.89. The van der Waals surface area contributed by atoms with E-state index in [-0.39, 0.29) is 25.5 Å². The summed E-state index contributed by atoms with van der Waals surface area (Å²) in [6, 6.07) is 3.36. The molecule has 7 nitrogen and oxygen atoms in total. The fourth-order valence-corrected chi connectivity index (χ4v) is 1.83. The van der Waals surface area contributed by atoms with Gasteiger partial charge >= 0.3 is 5.97 Å². The third-order valence-electron chi connectivity index (χ3n) is 2.87. The average molecular weight is 265 g/mol. The number of aliphatic carboxylic acids is 1. The maximum atomic E-state index is 12.0. The van der Waals surface area contributed by atoms with Crippen molar-refractivity contribution in [2.24, 2.45) is 0 Å². The summed E-state index contributed by atoms with van der Waals surface area (Å²) < 4.78 is 5.06. The molecular formula is C12H15N3O4. The van der Waals surface area contributed by atoms with Crippen molar-refractivity contribution in [2.45, 2.75) is 12.5 Å². The first-order chi connectivity index (χ1) is 9.06. The van der Waals surface area contributed by atoms with E-state index in [0.717, 1.165) is 0 Å². The monoisotopic (exact) mass is 265 g/mol. The number of nitrogens with zero attached hydrogens (tertiary/aromatic N) is 2. The number of aromatic nitrogens is 1. The number of nitrogen functional groups attached to an aromatic ring is 1. The summed E-state index contributed by atoms with van der Waals surface area (Å²) in [6.07, 6.45) is 0.672. The van der Waals surface area contributed by atoms with Crippen molar-refractivity contribution >= 4 is 17.6 Å². The van der Waals surface area contributed by atoms with E-state index in [1.807, 2.05) is 0 Å². The van der Waals surface area contributed by atoms with Gasteiger partial charge in [0.05, 0.1) is 31.5 Å². The van der Waals surface area contributed by atoms with Crippen LogP contribution in [0.3, 0.4) is 0 Å². The first kappa shape index (κ1) is 13.3. The Labute approximate surface area is 110 Å². The molecule has 0 saturated carbocycles. The Morgan fingerprint density at radius 2 is 2.32 bits per heavy atom.